The number of amides is 1. The van der Waals surface area contributed by atoms with E-state index in [2.05, 4.69) is 12.1 Å². The van der Waals surface area contributed by atoms with Crippen molar-refractivity contribution in [1.29, 1.82) is 0 Å². The van der Waals surface area contributed by atoms with Crippen molar-refractivity contribution in [1.82, 2.24) is 4.90 Å². The van der Waals surface area contributed by atoms with Crippen LogP contribution in [0.2, 0.25) is 0 Å². The van der Waals surface area contributed by atoms with Gasteiger partial charge in [0.25, 0.3) is 0 Å². The van der Waals surface area contributed by atoms with Crippen LogP contribution in [0.15, 0.2) is 30.3 Å². The van der Waals surface area contributed by atoms with Gasteiger partial charge in [-0.3, -0.25) is 4.79 Å². The Hall–Kier alpha value is -1.39. The first kappa shape index (κ1) is 15.0. The quantitative estimate of drug-likeness (QED) is 0.888. The molecule has 0 aliphatic carbocycles. The maximum absolute atomic E-state index is 12.3. The Morgan fingerprint density at radius 1 is 1.35 bits per heavy atom. The summed E-state index contributed by atoms with van der Waals surface area (Å²) >= 11 is 0. The summed E-state index contributed by atoms with van der Waals surface area (Å²) in [5.74, 6) is 0.0489. The third kappa shape index (κ3) is 4.05. The monoisotopic (exact) mass is 276 g/mol. The zero-order valence-electron chi connectivity index (χ0n) is 12.1. The van der Waals surface area contributed by atoms with Crippen LogP contribution < -0.4 is 5.73 Å². The first-order valence-electron chi connectivity index (χ1n) is 7.32. The maximum Gasteiger partial charge on any atom is 0.239 e. The molecule has 2 rings (SSSR count). The van der Waals surface area contributed by atoms with Gasteiger partial charge in [-0.2, -0.15) is 0 Å². The maximum atomic E-state index is 12.3. The van der Waals surface area contributed by atoms with Crippen molar-refractivity contribution in [3.63, 3.8) is 0 Å². The lowest BCUT2D eigenvalue weighted by Gasteiger charge is -2.32. The van der Waals surface area contributed by atoms with E-state index in [1.165, 1.54) is 5.56 Å². The summed E-state index contributed by atoms with van der Waals surface area (Å²) in [6.07, 6.45) is 3.35. The second-order valence-electron chi connectivity index (χ2n) is 5.42. The van der Waals surface area contributed by atoms with Gasteiger partial charge in [0, 0.05) is 26.3 Å². The van der Waals surface area contributed by atoms with E-state index in [1.807, 2.05) is 30.1 Å². The number of carbonyl (C=O) groups excluding carboxylic acids is 1. The molecule has 2 N–H and O–H groups in total. The molecular formula is C16H24N2O2. The molecule has 1 saturated heterocycles. The Morgan fingerprint density at radius 3 is 2.65 bits per heavy atom. The van der Waals surface area contributed by atoms with Gasteiger partial charge < -0.3 is 15.4 Å². The fourth-order valence-corrected chi connectivity index (χ4v) is 2.60. The number of ether oxygens (including phenoxy) is 1. The van der Waals surface area contributed by atoms with Crippen LogP contribution in [0.3, 0.4) is 0 Å². The van der Waals surface area contributed by atoms with Gasteiger partial charge in [-0.1, -0.05) is 30.3 Å². The molecule has 1 aromatic carbocycles. The second-order valence-corrected chi connectivity index (χ2v) is 5.42. The van der Waals surface area contributed by atoms with Crippen molar-refractivity contribution in [3.8, 4) is 0 Å². The molecule has 0 bridgehead atoms. The van der Waals surface area contributed by atoms with Crippen LogP contribution in [0.4, 0.5) is 0 Å². The first-order valence-corrected chi connectivity index (χ1v) is 7.32. The number of hydrogen-bond donors (Lipinski definition) is 1. The molecule has 0 saturated carbocycles. The first-order chi connectivity index (χ1) is 9.68. The van der Waals surface area contributed by atoms with Gasteiger partial charge in [0.15, 0.2) is 0 Å². The standard InChI is InChI=1S/C16H24N2O2/c1-18(14-9-11-20-12-10-14)16(19)15(17)8-7-13-5-3-2-4-6-13/h2-6,14-15H,7-12,17H2,1H3/t15-/m0/s1. The van der Waals surface area contributed by atoms with Crippen LogP contribution in [0.5, 0.6) is 0 Å². The minimum absolute atomic E-state index is 0.0489. The summed E-state index contributed by atoms with van der Waals surface area (Å²) in [4.78, 5) is 14.1. The van der Waals surface area contributed by atoms with E-state index in [1.54, 1.807) is 0 Å². The molecule has 1 aromatic rings. The second kappa shape index (κ2) is 7.41. The molecule has 4 heteroatoms. The predicted molar refractivity (Wildman–Crippen MR) is 79.3 cm³/mol. The van der Waals surface area contributed by atoms with E-state index in [0.717, 1.165) is 32.5 Å². The molecule has 0 aromatic heterocycles. The van der Waals surface area contributed by atoms with Crippen LogP contribution in [-0.2, 0) is 16.0 Å². The lowest BCUT2D eigenvalue weighted by molar-refractivity contribution is -0.135. The highest BCUT2D eigenvalue weighted by Crippen LogP contribution is 2.14. The SMILES string of the molecule is CN(C(=O)[C@@H](N)CCc1ccccc1)C1CCOCC1. The summed E-state index contributed by atoms with van der Waals surface area (Å²) in [5, 5.41) is 0. The largest absolute Gasteiger partial charge is 0.381 e. The highest BCUT2D eigenvalue weighted by molar-refractivity contribution is 5.81. The van der Waals surface area contributed by atoms with Gasteiger partial charge in [-0.15, -0.1) is 0 Å². The van der Waals surface area contributed by atoms with E-state index in [-0.39, 0.29) is 11.9 Å². The highest BCUT2D eigenvalue weighted by Gasteiger charge is 2.25. The van der Waals surface area contributed by atoms with Crippen LogP contribution in [0, 0.1) is 0 Å². The molecule has 0 radical (unpaired) electrons. The number of likely N-dealkylation sites (N-methyl/N-ethyl adjacent to an activating group) is 1. The summed E-state index contributed by atoms with van der Waals surface area (Å²) in [6, 6.07) is 10.0. The Morgan fingerprint density at radius 2 is 2.00 bits per heavy atom. The molecule has 0 spiro atoms. The van der Waals surface area contributed by atoms with Crippen molar-refractivity contribution in [2.24, 2.45) is 5.73 Å². The molecule has 1 amide bonds. The third-order valence-electron chi connectivity index (χ3n) is 3.99. The fraction of sp³-hybridized carbons (Fsp3) is 0.562. The molecular weight excluding hydrogens is 252 g/mol. The van der Waals surface area contributed by atoms with Gasteiger partial charge in [-0.05, 0) is 31.2 Å². The summed E-state index contributed by atoms with van der Waals surface area (Å²) in [5.41, 5.74) is 7.28. The molecule has 1 fully saturated rings. The normalized spacial score (nSPS) is 17.7. The zero-order chi connectivity index (χ0) is 14.4. The van der Waals surface area contributed by atoms with Crippen molar-refractivity contribution in [3.05, 3.63) is 35.9 Å². The van der Waals surface area contributed by atoms with Crippen molar-refractivity contribution < 1.29 is 9.53 Å². The Balaban J connectivity index is 1.81. The molecule has 1 aliphatic heterocycles. The average molecular weight is 276 g/mol. The smallest absolute Gasteiger partial charge is 0.239 e. The topological polar surface area (TPSA) is 55.6 Å². The van der Waals surface area contributed by atoms with Crippen LogP contribution >= 0.6 is 0 Å². The molecule has 20 heavy (non-hydrogen) atoms. The lowest BCUT2D eigenvalue weighted by Crippen LogP contribution is -2.48. The van der Waals surface area contributed by atoms with Crippen LogP contribution in [-0.4, -0.2) is 43.2 Å². The summed E-state index contributed by atoms with van der Waals surface area (Å²) < 4.78 is 5.33. The lowest BCUT2D eigenvalue weighted by atomic mass is 10.0. The minimum atomic E-state index is -0.414. The zero-order valence-corrected chi connectivity index (χ0v) is 12.1. The van der Waals surface area contributed by atoms with E-state index in [9.17, 15) is 4.79 Å². The van der Waals surface area contributed by atoms with Gasteiger partial charge in [0.05, 0.1) is 6.04 Å². The molecule has 4 nitrogen and oxygen atoms in total. The molecule has 0 unspecified atom stereocenters. The van der Waals surface area contributed by atoms with Gasteiger partial charge in [0.1, 0.15) is 0 Å². The molecule has 1 heterocycles. The van der Waals surface area contributed by atoms with Crippen molar-refractivity contribution >= 4 is 5.91 Å². The van der Waals surface area contributed by atoms with Gasteiger partial charge in [0.2, 0.25) is 5.91 Å². The Kier molecular flexibility index (Phi) is 5.56. The fourth-order valence-electron chi connectivity index (χ4n) is 2.60. The van der Waals surface area contributed by atoms with Gasteiger partial charge >= 0.3 is 0 Å². The Bertz CT molecular complexity index is 416. The van der Waals surface area contributed by atoms with E-state index < -0.39 is 6.04 Å². The molecule has 1 aliphatic rings. The average Bonchev–Trinajstić information content (AvgIpc) is 2.53. The number of hydrogen-bond acceptors (Lipinski definition) is 3. The summed E-state index contributed by atoms with van der Waals surface area (Å²) in [6.45, 7) is 1.48. The minimum Gasteiger partial charge on any atom is -0.381 e. The number of benzene rings is 1. The van der Waals surface area contributed by atoms with Crippen LogP contribution in [0.1, 0.15) is 24.8 Å². The van der Waals surface area contributed by atoms with E-state index in [0.29, 0.717) is 6.42 Å². The predicted octanol–water partition coefficient (Wildman–Crippen LogP) is 1.58. The highest BCUT2D eigenvalue weighted by atomic mass is 16.5. The molecule has 1 atom stereocenters. The van der Waals surface area contributed by atoms with Gasteiger partial charge in [-0.25, -0.2) is 0 Å². The number of rotatable bonds is 5. The number of aryl methyl sites for hydroxylation is 1. The summed E-state index contributed by atoms with van der Waals surface area (Å²) in [7, 11) is 1.86. The number of carbonyl (C=O) groups is 1. The van der Waals surface area contributed by atoms with Crippen LogP contribution in [0.25, 0.3) is 0 Å². The van der Waals surface area contributed by atoms with E-state index in [4.69, 9.17) is 10.5 Å². The van der Waals surface area contributed by atoms with Crippen molar-refractivity contribution in [2.45, 2.75) is 37.8 Å². The number of nitrogens with zero attached hydrogens (tertiary/aromatic N) is 1. The third-order valence-corrected chi connectivity index (χ3v) is 3.99. The molecule has 110 valence electrons. The number of nitrogens with two attached hydrogens (primary N) is 1. The Labute approximate surface area is 120 Å². The van der Waals surface area contributed by atoms with E-state index >= 15 is 0 Å². The van der Waals surface area contributed by atoms with Crippen molar-refractivity contribution in [2.75, 3.05) is 20.3 Å².